The molecule has 0 saturated carbocycles. The van der Waals surface area contributed by atoms with Gasteiger partial charge in [0.2, 0.25) is 0 Å². The van der Waals surface area contributed by atoms with Crippen LogP contribution in [0.3, 0.4) is 0 Å². The average molecular weight is 645 g/mol. The first kappa shape index (κ1) is 32.3. The molecule has 0 bridgehead atoms. The molecule has 0 aromatic heterocycles. The molecule has 0 radical (unpaired) electrons. The normalized spacial score (nSPS) is 13.0. The Morgan fingerprint density at radius 2 is 1.29 bits per heavy atom. The minimum absolute atomic E-state index is 0.355. The smallest absolute Gasteiger partial charge is 0.338 e. The second kappa shape index (κ2) is 14.0. The quantitative estimate of drug-likeness (QED) is 0.129. The third-order valence-electron chi connectivity index (χ3n) is 8.82. The van der Waals surface area contributed by atoms with Gasteiger partial charge in [0.25, 0.3) is 0 Å². The van der Waals surface area contributed by atoms with E-state index >= 15 is 0 Å². The van der Waals surface area contributed by atoms with Gasteiger partial charge in [-0.1, -0.05) is 36.4 Å². The predicted octanol–water partition coefficient (Wildman–Crippen LogP) is 9.10. The fourth-order valence-electron chi connectivity index (χ4n) is 6.45. The van der Waals surface area contributed by atoms with Crippen molar-refractivity contribution < 1.29 is 28.5 Å². The first-order valence-electron chi connectivity index (χ1n) is 16.0. The molecule has 0 aliphatic carbocycles. The van der Waals surface area contributed by atoms with Gasteiger partial charge < -0.3 is 33.5 Å². The molecule has 246 valence electrons. The molecule has 0 saturated heterocycles. The third-order valence-corrected chi connectivity index (χ3v) is 8.82. The zero-order valence-corrected chi connectivity index (χ0v) is 28.2. The van der Waals surface area contributed by atoms with E-state index in [9.17, 15) is 4.79 Å². The Hall–Kier alpha value is -5.63. The number of carbonyl (C=O) groups excluding carboxylic acids is 1. The van der Waals surface area contributed by atoms with E-state index in [1.807, 2.05) is 78.9 Å². The molecule has 1 aliphatic rings. The van der Waals surface area contributed by atoms with Crippen LogP contribution >= 0.6 is 0 Å². The lowest BCUT2D eigenvalue weighted by molar-refractivity contribution is 0.0599. The number of methoxy groups -OCH3 is 4. The van der Waals surface area contributed by atoms with Crippen molar-refractivity contribution in [1.29, 1.82) is 0 Å². The number of hydrogen-bond acceptors (Lipinski definition) is 8. The molecular weight excluding hydrogens is 604 g/mol. The van der Waals surface area contributed by atoms with Crippen LogP contribution in [0.25, 0.3) is 0 Å². The molecule has 0 amide bonds. The number of anilines is 4. The van der Waals surface area contributed by atoms with Crippen molar-refractivity contribution in [1.82, 2.24) is 0 Å². The van der Waals surface area contributed by atoms with Gasteiger partial charge in [0, 0.05) is 71.5 Å². The minimum atomic E-state index is -0.400. The number of carbonyl (C=O) groups is 1. The molecule has 1 heterocycles. The van der Waals surface area contributed by atoms with Gasteiger partial charge in [0.05, 0.1) is 39.7 Å². The number of ether oxygens (including phenoxy) is 5. The van der Waals surface area contributed by atoms with Crippen molar-refractivity contribution in [3.05, 3.63) is 125 Å². The van der Waals surface area contributed by atoms with Crippen molar-refractivity contribution >= 4 is 28.7 Å². The monoisotopic (exact) mass is 644 g/mol. The van der Waals surface area contributed by atoms with E-state index < -0.39 is 5.97 Å². The number of fused-ring (bicyclic) bond motifs is 2. The minimum Gasteiger partial charge on any atom is -0.497 e. The summed E-state index contributed by atoms with van der Waals surface area (Å²) in [6.45, 7) is 6.00. The maximum absolute atomic E-state index is 13.2. The zero-order chi connectivity index (χ0) is 33.8. The fourth-order valence-corrected chi connectivity index (χ4v) is 6.45. The second-order valence-corrected chi connectivity index (χ2v) is 11.3. The summed E-state index contributed by atoms with van der Waals surface area (Å²) in [5, 5.41) is 0. The summed E-state index contributed by atoms with van der Waals surface area (Å²) >= 11 is 0. The number of esters is 1. The molecule has 48 heavy (non-hydrogen) atoms. The molecule has 5 aromatic rings. The molecule has 6 rings (SSSR count). The molecule has 0 spiro atoms. The summed E-state index contributed by atoms with van der Waals surface area (Å²) in [6.07, 6.45) is 0. The van der Waals surface area contributed by atoms with Gasteiger partial charge in [0.1, 0.15) is 28.7 Å². The van der Waals surface area contributed by atoms with Gasteiger partial charge in [-0.3, -0.25) is 0 Å². The summed E-state index contributed by atoms with van der Waals surface area (Å²) in [5.74, 6) is 2.63. The first-order valence-corrected chi connectivity index (χ1v) is 16.0. The van der Waals surface area contributed by atoms with E-state index in [0.29, 0.717) is 28.6 Å². The van der Waals surface area contributed by atoms with Crippen molar-refractivity contribution in [2.24, 2.45) is 0 Å². The van der Waals surface area contributed by atoms with E-state index in [-0.39, 0.29) is 5.92 Å². The highest BCUT2D eigenvalue weighted by molar-refractivity contribution is 5.92. The highest BCUT2D eigenvalue weighted by atomic mass is 16.5. The van der Waals surface area contributed by atoms with Crippen molar-refractivity contribution in [2.45, 2.75) is 19.8 Å². The van der Waals surface area contributed by atoms with Crippen LogP contribution in [0.5, 0.6) is 28.7 Å². The van der Waals surface area contributed by atoms with E-state index in [0.717, 1.165) is 58.3 Å². The van der Waals surface area contributed by atoms with E-state index in [1.165, 1.54) is 7.11 Å². The summed E-state index contributed by atoms with van der Waals surface area (Å²) in [7, 11) is 6.36. The van der Waals surface area contributed by atoms with Gasteiger partial charge in [0.15, 0.2) is 0 Å². The lowest BCUT2D eigenvalue weighted by Gasteiger charge is -2.34. The van der Waals surface area contributed by atoms with E-state index in [1.54, 1.807) is 21.3 Å². The van der Waals surface area contributed by atoms with Crippen LogP contribution < -0.4 is 28.7 Å². The first-order chi connectivity index (χ1) is 23.4. The van der Waals surface area contributed by atoms with Crippen LogP contribution in [-0.4, -0.2) is 47.5 Å². The Morgan fingerprint density at radius 1 is 0.646 bits per heavy atom. The number of hydrogen-bond donors (Lipinski definition) is 0. The molecule has 5 aromatic carbocycles. The number of benzene rings is 5. The van der Waals surface area contributed by atoms with Crippen molar-refractivity contribution in [2.75, 3.05) is 51.3 Å². The Bertz CT molecular complexity index is 1890. The summed E-state index contributed by atoms with van der Waals surface area (Å²) < 4.78 is 29.3. The van der Waals surface area contributed by atoms with Crippen molar-refractivity contribution in [3.63, 3.8) is 0 Å². The molecule has 8 nitrogen and oxygen atoms in total. The molecule has 1 atom stereocenters. The standard InChI is InChI=1S/C40H40N2O6/c1-7-41(8-2)26-19-20-33-36(23-26)48-37-25-38(46-5)35(24-34(37)39(33)31-17-9-10-18-32(31)40(43)47-6)42(27-13-11-15-29(21-27)44-3)28-14-12-16-30(22-28)45-4/h9-25,39H,7-8H2,1-6H3. The Labute approximate surface area is 282 Å². The van der Waals surface area contributed by atoms with Gasteiger partial charge >= 0.3 is 5.97 Å². The molecule has 1 aliphatic heterocycles. The van der Waals surface area contributed by atoms with Crippen LogP contribution in [0.1, 0.15) is 46.8 Å². The van der Waals surface area contributed by atoms with Crippen LogP contribution in [-0.2, 0) is 4.74 Å². The maximum Gasteiger partial charge on any atom is 0.338 e. The maximum atomic E-state index is 13.2. The van der Waals surface area contributed by atoms with Crippen LogP contribution in [0, 0.1) is 0 Å². The average Bonchev–Trinajstić information content (AvgIpc) is 3.14. The molecule has 0 fully saturated rings. The third kappa shape index (κ3) is 5.97. The lowest BCUT2D eigenvalue weighted by Crippen LogP contribution is -2.22. The van der Waals surface area contributed by atoms with Gasteiger partial charge in [-0.15, -0.1) is 0 Å². The summed E-state index contributed by atoms with van der Waals surface area (Å²) in [5.41, 5.74) is 6.67. The van der Waals surface area contributed by atoms with Gasteiger partial charge in [-0.2, -0.15) is 0 Å². The Balaban J connectivity index is 1.63. The summed E-state index contributed by atoms with van der Waals surface area (Å²) in [6, 6.07) is 33.6. The van der Waals surface area contributed by atoms with Gasteiger partial charge in [-0.05, 0) is 61.9 Å². The molecule has 1 unspecified atom stereocenters. The second-order valence-electron chi connectivity index (χ2n) is 11.3. The topological polar surface area (TPSA) is 69.7 Å². The Kier molecular flexibility index (Phi) is 9.43. The lowest BCUT2D eigenvalue weighted by atomic mass is 9.80. The molecular formula is C40H40N2O6. The highest BCUT2D eigenvalue weighted by Crippen LogP contribution is 2.53. The predicted molar refractivity (Wildman–Crippen MR) is 190 cm³/mol. The molecule has 8 heteroatoms. The fraction of sp³-hybridized carbons (Fsp3) is 0.225. The molecule has 0 N–H and O–H groups in total. The van der Waals surface area contributed by atoms with Crippen LogP contribution in [0.4, 0.5) is 22.7 Å². The van der Waals surface area contributed by atoms with Gasteiger partial charge in [-0.25, -0.2) is 4.79 Å². The highest BCUT2D eigenvalue weighted by Gasteiger charge is 2.34. The number of nitrogens with zero attached hydrogens (tertiary/aromatic N) is 2. The number of rotatable bonds is 11. The largest absolute Gasteiger partial charge is 0.497 e. The van der Waals surface area contributed by atoms with Crippen LogP contribution in [0.2, 0.25) is 0 Å². The Morgan fingerprint density at radius 3 is 1.90 bits per heavy atom. The zero-order valence-electron chi connectivity index (χ0n) is 28.2. The van der Waals surface area contributed by atoms with E-state index in [4.69, 9.17) is 23.7 Å². The van der Waals surface area contributed by atoms with Crippen LogP contribution in [0.15, 0.2) is 103 Å². The van der Waals surface area contributed by atoms with E-state index in [2.05, 4.69) is 47.9 Å². The SMILES string of the molecule is CCN(CC)c1ccc2c(c1)Oc1cc(OC)c(N(c3cccc(OC)c3)c3cccc(OC)c3)cc1C2c1ccccc1C(=O)OC. The summed E-state index contributed by atoms with van der Waals surface area (Å²) in [4.78, 5) is 17.6. The van der Waals surface area contributed by atoms with Crippen molar-refractivity contribution in [3.8, 4) is 28.7 Å².